The van der Waals surface area contributed by atoms with Crippen LogP contribution in [0, 0.1) is 27.7 Å². The summed E-state index contributed by atoms with van der Waals surface area (Å²) in [5.74, 6) is 0. The summed E-state index contributed by atoms with van der Waals surface area (Å²) < 4.78 is 2.19. The van der Waals surface area contributed by atoms with Gasteiger partial charge in [-0.25, -0.2) is 10.2 Å². The summed E-state index contributed by atoms with van der Waals surface area (Å²) in [5.41, 5.74) is 10.0. The van der Waals surface area contributed by atoms with E-state index in [-0.39, 0.29) is 6.03 Å². The van der Waals surface area contributed by atoms with Crippen molar-refractivity contribution < 1.29 is 4.79 Å². The first-order valence-electron chi connectivity index (χ1n) is 8.87. The molecule has 138 valence electrons. The van der Waals surface area contributed by atoms with E-state index in [1.165, 1.54) is 11.1 Å². The van der Waals surface area contributed by atoms with Crippen LogP contribution in [-0.2, 0) is 0 Å². The summed E-state index contributed by atoms with van der Waals surface area (Å²) in [5, 5.41) is 6.81. The molecule has 2 aromatic carbocycles. The van der Waals surface area contributed by atoms with E-state index in [2.05, 4.69) is 65.4 Å². The maximum absolute atomic E-state index is 11.9. The fourth-order valence-electron chi connectivity index (χ4n) is 3.02. The van der Waals surface area contributed by atoms with Crippen LogP contribution in [0.5, 0.6) is 0 Å². The number of hydrogen-bond donors (Lipinski definition) is 2. The largest absolute Gasteiger partial charge is 0.339 e. The number of aromatic nitrogens is 1. The van der Waals surface area contributed by atoms with Gasteiger partial charge in [-0.2, -0.15) is 5.10 Å². The lowest BCUT2D eigenvalue weighted by atomic mass is 10.1. The highest BCUT2D eigenvalue weighted by atomic mass is 16.2. The summed E-state index contributed by atoms with van der Waals surface area (Å²) in [6, 6.07) is 17.4. The Morgan fingerprint density at radius 3 is 2.41 bits per heavy atom. The molecule has 3 aromatic rings. The number of carbonyl (C=O) groups is 1. The average Bonchev–Trinajstić information content (AvgIpc) is 2.92. The van der Waals surface area contributed by atoms with Gasteiger partial charge in [0.2, 0.25) is 0 Å². The number of aryl methyl sites for hydroxylation is 3. The van der Waals surface area contributed by atoms with Crippen molar-refractivity contribution in [3.05, 3.63) is 82.7 Å². The number of nitrogens with zero attached hydrogens (tertiary/aromatic N) is 2. The van der Waals surface area contributed by atoms with Crippen molar-refractivity contribution in [1.82, 2.24) is 9.99 Å². The molecular weight excluding hydrogens is 336 g/mol. The number of urea groups is 1. The van der Waals surface area contributed by atoms with Crippen LogP contribution >= 0.6 is 0 Å². The Bertz CT molecular complexity index is 987. The smallest absolute Gasteiger partial charge is 0.318 e. The summed E-state index contributed by atoms with van der Waals surface area (Å²) in [7, 11) is 0. The maximum atomic E-state index is 11.9. The molecule has 0 aliphatic heterocycles. The minimum atomic E-state index is -0.375. The van der Waals surface area contributed by atoms with E-state index in [0.717, 1.165) is 28.3 Å². The molecule has 0 aliphatic carbocycles. The summed E-state index contributed by atoms with van der Waals surface area (Å²) in [4.78, 5) is 11.9. The predicted molar refractivity (Wildman–Crippen MR) is 111 cm³/mol. The molecule has 27 heavy (non-hydrogen) atoms. The molecule has 0 atom stereocenters. The minimum absolute atomic E-state index is 0.375. The zero-order chi connectivity index (χ0) is 19.4. The normalized spacial score (nSPS) is 11.0. The van der Waals surface area contributed by atoms with Gasteiger partial charge in [0.1, 0.15) is 0 Å². The van der Waals surface area contributed by atoms with Crippen LogP contribution in [0.1, 0.15) is 28.1 Å². The molecule has 0 spiro atoms. The Morgan fingerprint density at radius 1 is 0.963 bits per heavy atom. The highest BCUT2D eigenvalue weighted by molar-refractivity contribution is 5.90. The van der Waals surface area contributed by atoms with Crippen molar-refractivity contribution in [3.8, 4) is 5.69 Å². The molecule has 0 radical (unpaired) electrons. The number of nitrogens with one attached hydrogen (secondary N) is 2. The van der Waals surface area contributed by atoms with Gasteiger partial charge in [-0.1, -0.05) is 24.3 Å². The third-order valence-electron chi connectivity index (χ3n) is 4.62. The Kier molecular flexibility index (Phi) is 5.41. The van der Waals surface area contributed by atoms with Gasteiger partial charge in [-0.05, 0) is 69.2 Å². The number of hydrogen-bond acceptors (Lipinski definition) is 2. The quantitative estimate of drug-likeness (QED) is 0.506. The topological polar surface area (TPSA) is 58.4 Å². The number of para-hydroxylation sites is 1. The van der Waals surface area contributed by atoms with Gasteiger partial charge in [0, 0.05) is 28.3 Å². The summed E-state index contributed by atoms with van der Waals surface area (Å²) in [6.07, 6.45) is 1.67. The molecule has 0 fully saturated rings. The molecular formula is C22H24N4O. The molecule has 0 aliphatic rings. The molecule has 1 aromatic heterocycles. The van der Waals surface area contributed by atoms with Crippen molar-refractivity contribution in [2.24, 2.45) is 5.10 Å². The van der Waals surface area contributed by atoms with Crippen molar-refractivity contribution in [2.75, 3.05) is 5.32 Å². The number of amides is 2. The lowest BCUT2D eigenvalue weighted by Crippen LogP contribution is -2.24. The van der Waals surface area contributed by atoms with E-state index in [0.29, 0.717) is 0 Å². The highest BCUT2D eigenvalue weighted by Gasteiger charge is 2.10. The average molecular weight is 360 g/mol. The summed E-state index contributed by atoms with van der Waals surface area (Å²) in [6.45, 7) is 8.34. The van der Waals surface area contributed by atoms with E-state index in [1.807, 2.05) is 37.3 Å². The zero-order valence-electron chi connectivity index (χ0n) is 16.1. The Morgan fingerprint density at radius 2 is 1.70 bits per heavy atom. The van der Waals surface area contributed by atoms with Crippen LogP contribution in [0.25, 0.3) is 5.69 Å². The minimum Gasteiger partial charge on any atom is -0.318 e. The predicted octanol–water partition coefficient (Wildman–Crippen LogP) is 4.87. The van der Waals surface area contributed by atoms with Crippen LogP contribution in [0.15, 0.2) is 59.7 Å². The molecule has 0 unspecified atom stereocenters. The fourth-order valence-corrected chi connectivity index (χ4v) is 3.02. The Balaban J connectivity index is 1.73. The second kappa shape index (κ2) is 7.91. The molecule has 3 rings (SSSR count). The second-order valence-corrected chi connectivity index (χ2v) is 6.62. The standard InChI is InChI=1S/C22H24N4O/c1-15-10-11-21(12-16(15)2)26-17(3)13-19(18(26)4)14-23-25-22(27)24-20-8-6-5-7-9-20/h5-14H,1-4H3,(H2,24,25,27)/b23-14-. The molecule has 0 bridgehead atoms. The van der Waals surface area contributed by atoms with E-state index in [4.69, 9.17) is 0 Å². The van der Waals surface area contributed by atoms with Gasteiger partial charge in [0.05, 0.1) is 6.21 Å². The Labute approximate surface area is 159 Å². The van der Waals surface area contributed by atoms with Crippen LogP contribution in [0.3, 0.4) is 0 Å². The van der Waals surface area contributed by atoms with E-state index in [9.17, 15) is 4.79 Å². The van der Waals surface area contributed by atoms with Gasteiger partial charge in [-0.3, -0.25) is 0 Å². The van der Waals surface area contributed by atoms with Crippen LogP contribution in [0.4, 0.5) is 10.5 Å². The van der Waals surface area contributed by atoms with Gasteiger partial charge in [-0.15, -0.1) is 0 Å². The Hall–Kier alpha value is -3.34. The number of anilines is 1. The number of hydrazone groups is 1. The second-order valence-electron chi connectivity index (χ2n) is 6.62. The monoisotopic (exact) mass is 360 g/mol. The zero-order valence-corrected chi connectivity index (χ0v) is 16.1. The van der Waals surface area contributed by atoms with Crippen molar-refractivity contribution in [3.63, 3.8) is 0 Å². The van der Waals surface area contributed by atoms with Crippen LogP contribution < -0.4 is 10.7 Å². The van der Waals surface area contributed by atoms with Crippen LogP contribution in [0.2, 0.25) is 0 Å². The van der Waals surface area contributed by atoms with Gasteiger partial charge in [0.25, 0.3) is 0 Å². The number of benzene rings is 2. The van der Waals surface area contributed by atoms with Crippen molar-refractivity contribution >= 4 is 17.9 Å². The highest BCUT2D eigenvalue weighted by Crippen LogP contribution is 2.21. The molecule has 1 heterocycles. The summed E-state index contributed by atoms with van der Waals surface area (Å²) >= 11 is 0. The third kappa shape index (κ3) is 4.26. The van der Waals surface area contributed by atoms with E-state index >= 15 is 0 Å². The SMILES string of the molecule is Cc1ccc(-n2c(C)cc(/C=N\NC(=O)Nc3ccccc3)c2C)cc1C. The third-order valence-corrected chi connectivity index (χ3v) is 4.62. The molecule has 5 heteroatoms. The van der Waals surface area contributed by atoms with E-state index in [1.54, 1.807) is 6.21 Å². The fraction of sp³-hybridized carbons (Fsp3) is 0.182. The van der Waals surface area contributed by atoms with Gasteiger partial charge >= 0.3 is 6.03 Å². The first-order chi connectivity index (χ1) is 13.0. The van der Waals surface area contributed by atoms with Crippen molar-refractivity contribution in [1.29, 1.82) is 0 Å². The molecule has 2 amide bonds. The van der Waals surface area contributed by atoms with Gasteiger partial charge < -0.3 is 9.88 Å². The molecule has 2 N–H and O–H groups in total. The molecule has 0 saturated carbocycles. The van der Waals surface area contributed by atoms with E-state index < -0.39 is 0 Å². The lowest BCUT2D eigenvalue weighted by Gasteiger charge is -2.11. The van der Waals surface area contributed by atoms with Gasteiger partial charge in [0.15, 0.2) is 0 Å². The lowest BCUT2D eigenvalue weighted by molar-refractivity contribution is 0.252. The first kappa shape index (κ1) is 18.5. The molecule has 0 saturated heterocycles. The van der Waals surface area contributed by atoms with Crippen molar-refractivity contribution in [2.45, 2.75) is 27.7 Å². The number of rotatable bonds is 4. The molecule has 5 nitrogen and oxygen atoms in total. The number of carbonyl (C=O) groups excluding carboxylic acids is 1. The van der Waals surface area contributed by atoms with Crippen LogP contribution in [-0.4, -0.2) is 16.8 Å². The first-order valence-corrected chi connectivity index (χ1v) is 8.87. The maximum Gasteiger partial charge on any atom is 0.339 e.